The summed E-state index contributed by atoms with van der Waals surface area (Å²) >= 11 is 0. The normalized spacial score (nSPS) is 18.5. The van der Waals surface area contributed by atoms with Gasteiger partial charge in [0.05, 0.1) is 6.10 Å². The molecule has 2 rings (SSSR count). The van der Waals surface area contributed by atoms with Gasteiger partial charge in [0.15, 0.2) is 0 Å². The largest absolute Gasteiger partial charge is 0.391 e. The fourth-order valence-corrected chi connectivity index (χ4v) is 2.91. The molecule has 2 amide bonds. The lowest BCUT2D eigenvalue weighted by molar-refractivity contribution is -0.124. The zero-order valence-electron chi connectivity index (χ0n) is 14.6. The van der Waals surface area contributed by atoms with Crippen LogP contribution in [0.15, 0.2) is 24.3 Å². The molecular weight excluding hydrogens is 322 g/mol. The number of aliphatic hydroxyl groups excluding tert-OH is 2. The number of carbonyl (C=O) groups excluding carboxylic acids is 2. The van der Waals surface area contributed by atoms with Crippen molar-refractivity contribution >= 4 is 17.5 Å². The summed E-state index contributed by atoms with van der Waals surface area (Å²) in [5.74, 6) is -0.580. The molecule has 1 fully saturated rings. The minimum absolute atomic E-state index is 0.118. The number of amides is 2. The zero-order valence-corrected chi connectivity index (χ0v) is 14.6. The summed E-state index contributed by atoms with van der Waals surface area (Å²) in [6.45, 7) is 3.27. The third-order valence-electron chi connectivity index (χ3n) is 4.31. The fourth-order valence-electron chi connectivity index (χ4n) is 2.91. The van der Waals surface area contributed by atoms with Gasteiger partial charge in [-0.05, 0) is 50.5 Å². The Kier molecular flexibility index (Phi) is 7.21. The summed E-state index contributed by atoms with van der Waals surface area (Å²) in [5, 5.41) is 23.9. The topological polar surface area (TPSA) is 102 Å². The van der Waals surface area contributed by atoms with Gasteiger partial charge in [0.2, 0.25) is 5.91 Å². The predicted molar refractivity (Wildman–Crippen MR) is 95.5 cm³/mol. The second-order valence-electron chi connectivity index (χ2n) is 6.46. The van der Waals surface area contributed by atoms with Gasteiger partial charge in [0.1, 0.15) is 6.61 Å². The van der Waals surface area contributed by atoms with Gasteiger partial charge in [0, 0.05) is 36.9 Å². The molecule has 0 radical (unpaired) electrons. The third kappa shape index (κ3) is 6.03. The van der Waals surface area contributed by atoms with Crippen molar-refractivity contribution in [3.05, 3.63) is 29.8 Å². The molecule has 2 atom stereocenters. The number of hydrogen-bond acceptors (Lipinski definition) is 5. The lowest BCUT2D eigenvalue weighted by Crippen LogP contribution is -2.38. The van der Waals surface area contributed by atoms with Crippen LogP contribution in [0.1, 0.15) is 36.5 Å². The molecule has 0 aliphatic carbocycles. The molecule has 1 aliphatic heterocycles. The monoisotopic (exact) mass is 349 g/mol. The average Bonchev–Trinajstić information content (AvgIpc) is 2.61. The van der Waals surface area contributed by atoms with E-state index in [1.54, 1.807) is 12.1 Å². The summed E-state index contributed by atoms with van der Waals surface area (Å²) < 4.78 is 0. The summed E-state index contributed by atoms with van der Waals surface area (Å²) in [7, 11) is 0. The van der Waals surface area contributed by atoms with E-state index in [0.29, 0.717) is 25.1 Å². The van der Waals surface area contributed by atoms with Crippen LogP contribution in [-0.4, -0.2) is 60.4 Å². The van der Waals surface area contributed by atoms with E-state index in [0.717, 1.165) is 25.1 Å². The van der Waals surface area contributed by atoms with Crippen molar-refractivity contribution in [2.24, 2.45) is 0 Å². The molecule has 1 heterocycles. The molecule has 0 spiro atoms. The Labute approximate surface area is 148 Å². The first-order chi connectivity index (χ1) is 12.0. The van der Waals surface area contributed by atoms with Crippen LogP contribution in [0.2, 0.25) is 0 Å². The Balaban J connectivity index is 1.79. The Morgan fingerprint density at radius 1 is 1.32 bits per heavy atom. The highest BCUT2D eigenvalue weighted by Crippen LogP contribution is 2.20. The van der Waals surface area contributed by atoms with Crippen LogP contribution in [0.5, 0.6) is 0 Å². The Bertz CT molecular complexity index is 576. The maximum Gasteiger partial charge on any atom is 0.251 e. The van der Waals surface area contributed by atoms with E-state index in [4.69, 9.17) is 5.11 Å². The number of carbonyl (C=O) groups is 2. The molecule has 7 heteroatoms. The van der Waals surface area contributed by atoms with Crippen molar-refractivity contribution in [2.45, 2.75) is 38.3 Å². The van der Waals surface area contributed by atoms with Crippen molar-refractivity contribution < 1.29 is 19.8 Å². The van der Waals surface area contributed by atoms with Gasteiger partial charge in [-0.1, -0.05) is 0 Å². The second-order valence-corrected chi connectivity index (χ2v) is 6.46. The zero-order chi connectivity index (χ0) is 18.2. The van der Waals surface area contributed by atoms with Gasteiger partial charge < -0.3 is 25.7 Å². The summed E-state index contributed by atoms with van der Waals surface area (Å²) in [5.41, 5.74) is 1.59. The molecular formula is C18H27N3O4. The summed E-state index contributed by atoms with van der Waals surface area (Å²) in [6.07, 6.45) is 2.11. The molecule has 2 unspecified atom stereocenters. The first kappa shape index (κ1) is 19.2. The van der Waals surface area contributed by atoms with Crippen LogP contribution in [0, 0.1) is 0 Å². The fraction of sp³-hybridized carbons (Fsp3) is 0.556. The van der Waals surface area contributed by atoms with Crippen LogP contribution in [0.4, 0.5) is 5.69 Å². The molecule has 1 aromatic carbocycles. The maximum absolute atomic E-state index is 12.2. The van der Waals surface area contributed by atoms with Gasteiger partial charge in [-0.15, -0.1) is 0 Å². The number of rotatable bonds is 7. The first-order valence-electron chi connectivity index (χ1n) is 8.71. The molecule has 1 aliphatic rings. The van der Waals surface area contributed by atoms with Crippen molar-refractivity contribution in [3.63, 3.8) is 0 Å². The first-order valence-corrected chi connectivity index (χ1v) is 8.71. The van der Waals surface area contributed by atoms with Crippen molar-refractivity contribution in [1.29, 1.82) is 0 Å². The summed E-state index contributed by atoms with van der Waals surface area (Å²) in [6, 6.07) is 7.24. The van der Waals surface area contributed by atoms with E-state index in [1.165, 1.54) is 0 Å². The molecule has 4 N–H and O–H groups in total. The van der Waals surface area contributed by atoms with Crippen molar-refractivity contribution in [3.8, 4) is 0 Å². The number of piperidine rings is 1. The van der Waals surface area contributed by atoms with Crippen molar-refractivity contribution in [1.82, 2.24) is 10.6 Å². The molecule has 138 valence electrons. The Morgan fingerprint density at radius 2 is 2.04 bits per heavy atom. The smallest absolute Gasteiger partial charge is 0.251 e. The third-order valence-corrected chi connectivity index (χ3v) is 4.31. The average molecular weight is 349 g/mol. The van der Waals surface area contributed by atoms with Crippen LogP contribution in [0.25, 0.3) is 0 Å². The Hall–Kier alpha value is -2.12. The molecule has 25 heavy (non-hydrogen) atoms. The van der Waals surface area contributed by atoms with E-state index >= 15 is 0 Å². The number of anilines is 1. The highest BCUT2D eigenvalue weighted by atomic mass is 16.3. The number of nitrogens with one attached hydrogen (secondary N) is 2. The number of benzene rings is 1. The van der Waals surface area contributed by atoms with Gasteiger partial charge in [-0.3, -0.25) is 9.59 Å². The highest BCUT2D eigenvalue weighted by Gasteiger charge is 2.18. The lowest BCUT2D eigenvalue weighted by Gasteiger charge is -2.32. The molecule has 7 nitrogen and oxygen atoms in total. The van der Waals surface area contributed by atoms with Crippen LogP contribution in [-0.2, 0) is 4.79 Å². The van der Waals surface area contributed by atoms with E-state index in [1.807, 2.05) is 19.1 Å². The van der Waals surface area contributed by atoms with E-state index in [2.05, 4.69) is 15.5 Å². The number of hydrogen-bond donors (Lipinski definition) is 4. The maximum atomic E-state index is 12.2. The minimum Gasteiger partial charge on any atom is -0.391 e. The highest BCUT2D eigenvalue weighted by molar-refractivity contribution is 5.94. The molecule has 0 aromatic heterocycles. The van der Waals surface area contributed by atoms with E-state index in [9.17, 15) is 14.7 Å². The van der Waals surface area contributed by atoms with E-state index in [-0.39, 0.29) is 18.1 Å². The SMILES string of the molecule is CC(CCNC(=O)c1ccc(N2CCCC(O)C2)cc1)NC(=O)CO. The standard InChI is InChI=1S/C18H27N3O4/c1-13(20-17(24)12-22)8-9-19-18(25)14-4-6-15(7-5-14)21-10-2-3-16(23)11-21/h4-7,13,16,22-23H,2-3,8-12H2,1H3,(H,19,25)(H,20,24). The van der Waals surface area contributed by atoms with E-state index < -0.39 is 12.5 Å². The van der Waals surface area contributed by atoms with Gasteiger partial charge >= 0.3 is 0 Å². The molecule has 1 saturated heterocycles. The number of nitrogens with zero attached hydrogens (tertiary/aromatic N) is 1. The van der Waals surface area contributed by atoms with Gasteiger partial charge in [-0.25, -0.2) is 0 Å². The van der Waals surface area contributed by atoms with Crippen LogP contribution in [0.3, 0.4) is 0 Å². The van der Waals surface area contributed by atoms with Gasteiger partial charge in [-0.2, -0.15) is 0 Å². The van der Waals surface area contributed by atoms with Crippen molar-refractivity contribution in [2.75, 3.05) is 31.1 Å². The van der Waals surface area contributed by atoms with Gasteiger partial charge in [0.25, 0.3) is 5.91 Å². The Morgan fingerprint density at radius 3 is 2.68 bits per heavy atom. The number of β-amino-alcohol motifs (C(OH)–C–C–N with tert-alkyl or cyclic N) is 1. The van der Waals surface area contributed by atoms with Crippen LogP contribution >= 0.6 is 0 Å². The van der Waals surface area contributed by atoms with Crippen LogP contribution < -0.4 is 15.5 Å². The molecule has 0 saturated carbocycles. The minimum atomic E-state index is -0.531. The summed E-state index contributed by atoms with van der Waals surface area (Å²) in [4.78, 5) is 25.3. The lowest BCUT2D eigenvalue weighted by atomic mass is 10.1. The number of aliphatic hydroxyl groups is 2. The quantitative estimate of drug-likeness (QED) is 0.566. The molecule has 0 bridgehead atoms. The molecule has 1 aromatic rings. The second kappa shape index (κ2) is 9.39. The predicted octanol–water partition coefficient (Wildman–Crippen LogP) is 0.265.